The van der Waals surface area contributed by atoms with Crippen molar-refractivity contribution in [1.82, 2.24) is 9.88 Å². The Bertz CT molecular complexity index is 599. The highest BCUT2D eigenvalue weighted by molar-refractivity contribution is 14.1. The first-order chi connectivity index (χ1) is 9.65. The van der Waals surface area contributed by atoms with E-state index in [1.165, 1.54) is 29.4 Å². The molecular formula is C16H20IN3. The third kappa shape index (κ3) is 2.76. The van der Waals surface area contributed by atoms with Gasteiger partial charge in [0, 0.05) is 36.1 Å². The number of alkyl halides is 1. The number of anilines is 1. The molecule has 0 bridgehead atoms. The molecule has 1 N–H and O–H groups in total. The van der Waals surface area contributed by atoms with Crippen LogP contribution in [0.2, 0.25) is 0 Å². The molecule has 4 heteroatoms. The molecule has 1 aliphatic heterocycles. The van der Waals surface area contributed by atoms with Crippen molar-refractivity contribution < 1.29 is 0 Å². The van der Waals surface area contributed by atoms with Gasteiger partial charge in [0.15, 0.2) is 0 Å². The van der Waals surface area contributed by atoms with Crippen LogP contribution in [0.5, 0.6) is 0 Å². The van der Waals surface area contributed by atoms with Gasteiger partial charge in [0.25, 0.3) is 0 Å². The van der Waals surface area contributed by atoms with Crippen LogP contribution in [0.4, 0.5) is 5.69 Å². The zero-order valence-corrected chi connectivity index (χ0v) is 14.0. The highest BCUT2D eigenvalue weighted by atomic mass is 127. The van der Waals surface area contributed by atoms with Gasteiger partial charge in [-0.05, 0) is 43.9 Å². The number of nitrogens with one attached hydrogen (secondary N) is 1. The Morgan fingerprint density at radius 3 is 2.90 bits per heavy atom. The lowest BCUT2D eigenvalue weighted by Crippen LogP contribution is -2.37. The smallest absolute Gasteiger partial charge is 0.0825 e. The highest BCUT2D eigenvalue weighted by Crippen LogP contribution is 2.29. The maximum Gasteiger partial charge on any atom is 0.0825 e. The molecule has 1 aromatic carbocycles. The Hall–Kier alpha value is -0.880. The maximum absolute atomic E-state index is 4.16. The summed E-state index contributed by atoms with van der Waals surface area (Å²) in [5, 5.41) is 6.14. The number of hydrogen-bond acceptors (Lipinski definition) is 3. The molecule has 1 aliphatic rings. The van der Waals surface area contributed by atoms with Crippen LogP contribution in [0.15, 0.2) is 36.7 Å². The maximum atomic E-state index is 4.16. The molecule has 0 spiro atoms. The summed E-state index contributed by atoms with van der Waals surface area (Å²) in [7, 11) is 0. The molecule has 2 aromatic rings. The molecule has 3 rings (SSSR count). The molecule has 0 amide bonds. The lowest BCUT2D eigenvalue weighted by Gasteiger charge is -2.27. The predicted molar refractivity (Wildman–Crippen MR) is 93.4 cm³/mol. The number of likely N-dealkylation sites (tertiary alicyclic amines) is 1. The number of hydrogen-bond donors (Lipinski definition) is 1. The lowest BCUT2D eigenvalue weighted by atomic mass is 10.1. The quantitative estimate of drug-likeness (QED) is 0.497. The van der Waals surface area contributed by atoms with Crippen molar-refractivity contribution in [1.29, 1.82) is 0 Å². The van der Waals surface area contributed by atoms with Gasteiger partial charge in [-0.15, -0.1) is 0 Å². The van der Waals surface area contributed by atoms with Gasteiger partial charge in [-0.25, -0.2) is 0 Å². The van der Waals surface area contributed by atoms with Crippen molar-refractivity contribution in [2.24, 2.45) is 0 Å². The first kappa shape index (κ1) is 14.1. The molecular weight excluding hydrogens is 361 g/mol. The van der Waals surface area contributed by atoms with Crippen LogP contribution in [0.25, 0.3) is 10.8 Å². The fourth-order valence-corrected chi connectivity index (χ4v) is 4.31. The second-order valence-corrected chi connectivity index (χ2v) is 6.96. The summed E-state index contributed by atoms with van der Waals surface area (Å²) in [4.78, 5) is 6.72. The summed E-state index contributed by atoms with van der Waals surface area (Å²) in [5.41, 5.74) is 1.21. The van der Waals surface area contributed by atoms with E-state index < -0.39 is 0 Å². The van der Waals surface area contributed by atoms with Gasteiger partial charge in [0.2, 0.25) is 0 Å². The third-order valence-corrected chi connectivity index (χ3v) is 5.59. The standard InChI is InChI=1S/C16H20IN3/c1-11(2)20-8-6-15(16(20)17)19-14-4-3-13-10-18-7-5-12(13)9-14/h3-5,7,9-11,15-16,19H,6,8H2,1-2H3. The molecule has 0 saturated carbocycles. The molecule has 3 nitrogen and oxygen atoms in total. The Kier molecular flexibility index (Phi) is 4.12. The van der Waals surface area contributed by atoms with Gasteiger partial charge >= 0.3 is 0 Å². The lowest BCUT2D eigenvalue weighted by molar-refractivity contribution is 0.263. The number of fused-ring (bicyclic) bond motifs is 1. The molecule has 1 saturated heterocycles. The number of aromatic nitrogens is 1. The van der Waals surface area contributed by atoms with Gasteiger partial charge in [-0.1, -0.05) is 28.7 Å². The Balaban J connectivity index is 1.76. The van der Waals surface area contributed by atoms with E-state index in [1.807, 2.05) is 12.4 Å². The van der Waals surface area contributed by atoms with Gasteiger partial charge in [-0.3, -0.25) is 9.88 Å². The largest absolute Gasteiger partial charge is 0.380 e. The van der Waals surface area contributed by atoms with E-state index in [0.717, 1.165) is 0 Å². The predicted octanol–water partition coefficient (Wildman–Crippen LogP) is 3.89. The molecule has 0 radical (unpaired) electrons. The van der Waals surface area contributed by atoms with Crippen molar-refractivity contribution in [2.45, 2.75) is 36.4 Å². The van der Waals surface area contributed by atoms with E-state index in [4.69, 9.17) is 0 Å². The van der Waals surface area contributed by atoms with Crippen molar-refractivity contribution in [3.05, 3.63) is 36.7 Å². The molecule has 106 valence electrons. The van der Waals surface area contributed by atoms with Crippen LogP contribution < -0.4 is 5.32 Å². The normalized spacial score (nSPS) is 23.6. The molecule has 1 fully saturated rings. The summed E-state index contributed by atoms with van der Waals surface area (Å²) in [6, 6.07) is 9.73. The Morgan fingerprint density at radius 1 is 1.30 bits per heavy atom. The minimum atomic E-state index is 0.525. The minimum absolute atomic E-state index is 0.525. The zero-order chi connectivity index (χ0) is 14.1. The summed E-state index contributed by atoms with van der Waals surface area (Å²) in [5.74, 6) is 0. The minimum Gasteiger partial charge on any atom is -0.380 e. The second kappa shape index (κ2) is 5.85. The van der Waals surface area contributed by atoms with Crippen LogP contribution in [0.1, 0.15) is 20.3 Å². The van der Waals surface area contributed by atoms with E-state index in [0.29, 0.717) is 16.1 Å². The summed E-state index contributed by atoms with van der Waals surface area (Å²) < 4.78 is 0.556. The van der Waals surface area contributed by atoms with E-state index >= 15 is 0 Å². The Labute approximate surface area is 133 Å². The van der Waals surface area contributed by atoms with Crippen molar-refractivity contribution in [3.8, 4) is 0 Å². The molecule has 1 aromatic heterocycles. The topological polar surface area (TPSA) is 28.2 Å². The second-order valence-electron chi connectivity index (χ2n) is 5.68. The summed E-state index contributed by atoms with van der Waals surface area (Å²) >= 11 is 2.57. The fourth-order valence-electron chi connectivity index (χ4n) is 2.85. The fraction of sp³-hybridized carbons (Fsp3) is 0.438. The number of nitrogens with zero attached hydrogens (tertiary/aromatic N) is 2. The number of pyridine rings is 1. The van der Waals surface area contributed by atoms with Gasteiger partial charge in [0.1, 0.15) is 0 Å². The molecule has 2 unspecified atom stereocenters. The molecule has 2 heterocycles. The SMILES string of the molecule is CC(C)N1CCC(Nc2ccc3cnccc3c2)C1I. The van der Waals surface area contributed by atoms with E-state index in [-0.39, 0.29) is 0 Å². The average Bonchev–Trinajstić information content (AvgIpc) is 2.80. The van der Waals surface area contributed by atoms with Crippen molar-refractivity contribution in [2.75, 3.05) is 11.9 Å². The first-order valence-corrected chi connectivity index (χ1v) is 8.40. The van der Waals surface area contributed by atoms with E-state index in [1.54, 1.807) is 0 Å². The van der Waals surface area contributed by atoms with Gasteiger partial charge in [0.05, 0.1) is 10.1 Å². The number of benzene rings is 1. The van der Waals surface area contributed by atoms with Crippen LogP contribution in [-0.2, 0) is 0 Å². The first-order valence-electron chi connectivity index (χ1n) is 7.15. The van der Waals surface area contributed by atoms with Gasteiger partial charge < -0.3 is 5.32 Å². The highest BCUT2D eigenvalue weighted by Gasteiger charge is 2.33. The van der Waals surface area contributed by atoms with Crippen LogP contribution in [0.3, 0.4) is 0 Å². The summed E-state index contributed by atoms with van der Waals surface area (Å²) in [6.07, 6.45) is 4.97. The zero-order valence-electron chi connectivity index (χ0n) is 11.9. The van der Waals surface area contributed by atoms with Crippen molar-refractivity contribution in [3.63, 3.8) is 0 Å². The van der Waals surface area contributed by atoms with Gasteiger partial charge in [-0.2, -0.15) is 0 Å². The van der Waals surface area contributed by atoms with Crippen LogP contribution in [-0.4, -0.2) is 32.6 Å². The number of halogens is 1. The number of rotatable bonds is 3. The Morgan fingerprint density at radius 2 is 2.15 bits per heavy atom. The third-order valence-electron chi connectivity index (χ3n) is 4.00. The monoisotopic (exact) mass is 381 g/mol. The average molecular weight is 381 g/mol. The molecule has 2 atom stereocenters. The summed E-state index contributed by atoms with van der Waals surface area (Å²) in [6.45, 7) is 5.73. The van der Waals surface area contributed by atoms with E-state index in [9.17, 15) is 0 Å². The van der Waals surface area contributed by atoms with Crippen LogP contribution in [0, 0.1) is 0 Å². The van der Waals surface area contributed by atoms with Crippen molar-refractivity contribution >= 4 is 39.1 Å². The molecule has 20 heavy (non-hydrogen) atoms. The van der Waals surface area contributed by atoms with Crippen LogP contribution >= 0.6 is 22.6 Å². The molecule has 0 aliphatic carbocycles. The van der Waals surface area contributed by atoms with E-state index in [2.05, 4.69) is 75.9 Å².